The number of nitrogens with one attached hydrogen (secondary N) is 1. The molecule has 0 radical (unpaired) electrons. The van der Waals surface area contributed by atoms with Gasteiger partial charge in [0.2, 0.25) is 0 Å². The lowest BCUT2D eigenvalue weighted by Crippen LogP contribution is -2.24. The third kappa shape index (κ3) is 3.40. The van der Waals surface area contributed by atoms with Gasteiger partial charge in [-0.3, -0.25) is 9.71 Å². The van der Waals surface area contributed by atoms with Crippen LogP contribution in [0.5, 0.6) is 5.75 Å². The number of halogens is 1. The molecular weight excluding hydrogens is 380 g/mol. The highest BCUT2D eigenvalue weighted by Crippen LogP contribution is 2.25. The number of aliphatic imine (C=N–C) groups is 1. The van der Waals surface area contributed by atoms with Crippen LogP contribution in [0.25, 0.3) is 0 Å². The lowest BCUT2D eigenvalue weighted by Gasteiger charge is -2.14. The van der Waals surface area contributed by atoms with Crippen LogP contribution in [0.1, 0.15) is 12.5 Å². The SMILES string of the molecule is CC(CN=C1NS(=O)(=O)c2ccccc21)Oc1ccccc1Br. The first-order chi connectivity index (χ1) is 11.0. The van der Waals surface area contributed by atoms with Gasteiger partial charge in [0.05, 0.1) is 15.9 Å². The molecule has 1 aliphatic rings. The summed E-state index contributed by atoms with van der Waals surface area (Å²) < 4.78 is 33.2. The van der Waals surface area contributed by atoms with E-state index in [4.69, 9.17) is 4.74 Å². The number of hydrogen-bond acceptors (Lipinski definition) is 4. The highest BCUT2D eigenvalue weighted by atomic mass is 79.9. The second-order valence-electron chi connectivity index (χ2n) is 5.15. The Labute approximate surface area is 143 Å². The summed E-state index contributed by atoms with van der Waals surface area (Å²) in [6.45, 7) is 2.23. The second kappa shape index (κ2) is 6.33. The maximum Gasteiger partial charge on any atom is 0.263 e. The van der Waals surface area contributed by atoms with Crippen molar-refractivity contribution in [1.29, 1.82) is 0 Å². The summed E-state index contributed by atoms with van der Waals surface area (Å²) in [5.41, 5.74) is 0.598. The molecule has 1 N–H and O–H groups in total. The van der Waals surface area contributed by atoms with Crippen molar-refractivity contribution in [3.8, 4) is 5.75 Å². The van der Waals surface area contributed by atoms with Gasteiger partial charge in [-0.05, 0) is 47.1 Å². The number of hydrogen-bond donors (Lipinski definition) is 1. The van der Waals surface area contributed by atoms with E-state index >= 15 is 0 Å². The number of rotatable bonds is 4. The first-order valence-corrected chi connectivity index (χ1v) is 9.33. The Bertz CT molecular complexity index is 865. The van der Waals surface area contributed by atoms with E-state index < -0.39 is 10.0 Å². The van der Waals surface area contributed by atoms with Crippen LogP contribution in [0, 0.1) is 0 Å². The van der Waals surface area contributed by atoms with Crippen LogP contribution in [0.15, 0.2) is 62.9 Å². The largest absolute Gasteiger partial charge is 0.488 e. The Kier molecular flexibility index (Phi) is 4.41. The third-order valence-corrected chi connectivity index (χ3v) is 5.39. The fraction of sp³-hybridized carbons (Fsp3) is 0.188. The molecule has 0 saturated heterocycles. The van der Waals surface area contributed by atoms with Gasteiger partial charge < -0.3 is 4.74 Å². The molecule has 1 unspecified atom stereocenters. The molecule has 5 nitrogen and oxygen atoms in total. The van der Waals surface area contributed by atoms with E-state index in [1.54, 1.807) is 24.3 Å². The normalized spacial score (nSPS) is 18.3. The molecule has 23 heavy (non-hydrogen) atoms. The molecule has 0 bridgehead atoms. The van der Waals surface area contributed by atoms with Gasteiger partial charge >= 0.3 is 0 Å². The fourth-order valence-corrected chi connectivity index (χ4v) is 3.89. The Morgan fingerprint density at radius 3 is 2.65 bits per heavy atom. The molecule has 0 amide bonds. The smallest absolute Gasteiger partial charge is 0.263 e. The number of fused-ring (bicyclic) bond motifs is 1. The van der Waals surface area contributed by atoms with Crippen LogP contribution in [-0.2, 0) is 10.0 Å². The third-order valence-electron chi connectivity index (χ3n) is 3.33. The molecule has 0 spiro atoms. The molecule has 120 valence electrons. The Morgan fingerprint density at radius 1 is 1.17 bits per heavy atom. The molecular formula is C16H15BrN2O3S. The summed E-state index contributed by atoms with van der Waals surface area (Å²) in [5.74, 6) is 1.09. The molecule has 3 rings (SSSR count). The van der Waals surface area contributed by atoms with E-state index in [0.717, 1.165) is 10.2 Å². The minimum atomic E-state index is -3.50. The first-order valence-electron chi connectivity index (χ1n) is 7.05. The van der Waals surface area contributed by atoms with Crippen LogP contribution in [0.4, 0.5) is 0 Å². The van der Waals surface area contributed by atoms with Crippen molar-refractivity contribution in [1.82, 2.24) is 4.72 Å². The molecule has 1 heterocycles. The lowest BCUT2D eigenvalue weighted by molar-refractivity contribution is 0.229. The zero-order valence-corrected chi connectivity index (χ0v) is 14.8. The number of ether oxygens (including phenoxy) is 1. The summed E-state index contributed by atoms with van der Waals surface area (Å²) in [6, 6.07) is 14.4. The highest BCUT2D eigenvalue weighted by molar-refractivity contribution is 9.10. The summed E-state index contributed by atoms with van der Waals surface area (Å²) in [4.78, 5) is 4.63. The van der Waals surface area contributed by atoms with Crippen LogP contribution >= 0.6 is 15.9 Å². The second-order valence-corrected chi connectivity index (χ2v) is 7.66. The zero-order valence-electron chi connectivity index (χ0n) is 12.4. The van der Waals surface area contributed by atoms with Crippen LogP contribution in [0.2, 0.25) is 0 Å². The quantitative estimate of drug-likeness (QED) is 0.866. The zero-order chi connectivity index (χ0) is 16.4. The summed E-state index contributed by atoms with van der Waals surface area (Å²) >= 11 is 3.43. The highest BCUT2D eigenvalue weighted by Gasteiger charge is 2.30. The van der Waals surface area contributed by atoms with E-state index in [0.29, 0.717) is 17.9 Å². The van der Waals surface area contributed by atoms with Crippen molar-refractivity contribution in [3.63, 3.8) is 0 Å². The molecule has 0 aliphatic carbocycles. The minimum absolute atomic E-state index is 0.196. The van der Waals surface area contributed by atoms with E-state index in [9.17, 15) is 8.42 Å². The molecule has 2 aromatic carbocycles. The topological polar surface area (TPSA) is 67.8 Å². The van der Waals surface area contributed by atoms with Crippen molar-refractivity contribution >= 4 is 31.8 Å². The average molecular weight is 395 g/mol. The lowest BCUT2D eigenvalue weighted by atomic mass is 10.2. The van der Waals surface area contributed by atoms with Gasteiger partial charge in [0.1, 0.15) is 17.7 Å². The number of nitrogens with zero attached hydrogens (tertiary/aromatic N) is 1. The Balaban J connectivity index is 1.75. The molecule has 0 aromatic heterocycles. The molecule has 0 saturated carbocycles. The predicted octanol–water partition coefficient (Wildman–Crippen LogP) is 2.96. The average Bonchev–Trinajstić information content (AvgIpc) is 2.79. The van der Waals surface area contributed by atoms with Gasteiger partial charge in [-0.25, -0.2) is 8.42 Å². The molecule has 7 heteroatoms. The van der Waals surface area contributed by atoms with E-state index in [1.165, 1.54) is 0 Å². The van der Waals surface area contributed by atoms with Crippen LogP contribution in [0.3, 0.4) is 0 Å². The van der Waals surface area contributed by atoms with E-state index in [1.807, 2.05) is 31.2 Å². The van der Waals surface area contributed by atoms with Crippen molar-refractivity contribution in [2.24, 2.45) is 4.99 Å². The Morgan fingerprint density at radius 2 is 1.87 bits per heavy atom. The van der Waals surface area contributed by atoms with Gasteiger partial charge in [-0.15, -0.1) is 0 Å². The van der Waals surface area contributed by atoms with Crippen LogP contribution in [-0.4, -0.2) is 26.9 Å². The number of amidine groups is 1. The molecule has 1 aliphatic heterocycles. The van der Waals surface area contributed by atoms with Gasteiger partial charge in [0, 0.05) is 5.56 Å². The number of sulfonamides is 1. The standard InChI is InChI=1S/C16H15BrN2O3S/c1-11(22-14-8-4-3-7-13(14)17)10-18-16-12-6-2-5-9-15(12)23(20,21)19-16/h2-9,11H,10H2,1H3,(H,18,19). The van der Waals surface area contributed by atoms with Gasteiger partial charge in [0.15, 0.2) is 0 Å². The maximum absolute atomic E-state index is 12.0. The minimum Gasteiger partial charge on any atom is -0.488 e. The maximum atomic E-state index is 12.0. The van der Waals surface area contributed by atoms with Gasteiger partial charge in [-0.2, -0.15) is 0 Å². The number of para-hydroxylation sites is 1. The fourth-order valence-electron chi connectivity index (χ4n) is 2.27. The van der Waals surface area contributed by atoms with Crippen LogP contribution < -0.4 is 9.46 Å². The summed E-state index contributed by atoms with van der Waals surface area (Å²) in [5, 5.41) is 0. The summed E-state index contributed by atoms with van der Waals surface area (Å²) in [6.07, 6.45) is -0.196. The van der Waals surface area contributed by atoms with Gasteiger partial charge in [-0.1, -0.05) is 24.3 Å². The molecule has 0 fully saturated rings. The van der Waals surface area contributed by atoms with E-state index in [-0.39, 0.29) is 11.0 Å². The van der Waals surface area contributed by atoms with E-state index in [2.05, 4.69) is 25.6 Å². The number of benzene rings is 2. The van der Waals surface area contributed by atoms with Crippen molar-refractivity contribution in [2.45, 2.75) is 17.9 Å². The molecule has 2 aromatic rings. The van der Waals surface area contributed by atoms with Crippen molar-refractivity contribution in [3.05, 3.63) is 58.6 Å². The summed E-state index contributed by atoms with van der Waals surface area (Å²) in [7, 11) is -3.50. The van der Waals surface area contributed by atoms with Crippen molar-refractivity contribution in [2.75, 3.05) is 6.54 Å². The Hall–Kier alpha value is -1.86. The molecule has 1 atom stereocenters. The van der Waals surface area contributed by atoms with Crippen molar-refractivity contribution < 1.29 is 13.2 Å². The predicted molar refractivity (Wildman–Crippen MR) is 92.4 cm³/mol. The monoisotopic (exact) mass is 394 g/mol. The van der Waals surface area contributed by atoms with Gasteiger partial charge in [0.25, 0.3) is 10.0 Å². The first kappa shape index (κ1) is 16.0.